The Balaban J connectivity index is 1.83. The van der Waals surface area contributed by atoms with Gasteiger partial charge in [-0.15, -0.1) is 0 Å². The van der Waals surface area contributed by atoms with Gasteiger partial charge >= 0.3 is 5.69 Å². The largest absolute Gasteiger partial charge is 0.497 e. The summed E-state index contributed by atoms with van der Waals surface area (Å²) in [6.45, 7) is -0.202. The van der Waals surface area contributed by atoms with Crippen LogP contribution in [-0.4, -0.2) is 32.0 Å². The van der Waals surface area contributed by atoms with Crippen LogP contribution in [-0.2, 0) is 13.1 Å². The molecule has 0 fully saturated rings. The third-order valence-corrected chi connectivity index (χ3v) is 4.74. The van der Waals surface area contributed by atoms with E-state index in [0.29, 0.717) is 22.4 Å². The van der Waals surface area contributed by atoms with Gasteiger partial charge in [0.05, 0.1) is 25.7 Å². The Morgan fingerprint density at radius 3 is 2.63 bits per heavy atom. The SMILES string of the molecule is COc1cccc(C(=O)Cn2c(=O)n(Cc3cccnc3)c(=O)c3ncccc32)c1. The van der Waals surface area contributed by atoms with Gasteiger partial charge < -0.3 is 4.74 Å². The molecule has 8 nitrogen and oxygen atoms in total. The van der Waals surface area contributed by atoms with Gasteiger partial charge in [0.2, 0.25) is 0 Å². The lowest BCUT2D eigenvalue weighted by atomic mass is 10.1. The lowest BCUT2D eigenvalue weighted by Crippen LogP contribution is -2.41. The molecule has 0 N–H and O–H groups in total. The highest BCUT2D eigenvalue weighted by Gasteiger charge is 2.17. The molecule has 0 aliphatic carbocycles. The van der Waals surface area contributed by atoms with Crippen LogP contribution in [0.3, 0.4) is 0 Å². The van der Waals surface area contributed by atoms with Gasteiger partial charge in [-0.05, 0) is 35.9 Å². The topological polar surface area (TPSA) is 96.1 Å². The van der Waals surface area contributed by atoms with E-state index in [-0.39, 0.29) is 24.4 Å². The number of pyridine rings is 2. The van der Waals surface area contributed by atoms with E-state index in [1.807, 2.05) is 0 Å². The summed E-state index contributed by atoms with van der Waals surface area (Å²) in [5.41, 5.74) is 0.441. The maximum Gasteiger partial charge on any atom is 0.332 e. The summed E-state index contributed by atoms with van der Waals surface area (Å²) < 4.78 is 7.52. The zero-order chi connectivity index (χ0) is 21.1. The van der Waals surface area contributed by atoms with Crippen LogP contribution in [0.25, 0.3) is 11.0 Å². The predicted octanol–water partition coefficient (Wildman–Crippen LogP) is 1.89. The molecule has 3 heterocycles. The summed E-state index contributed by atoms with van der Waals surface area (Å²) in [4.78, 5) is 47.2. The second-order valence-electron chi connectivity index (χ2n) is 6.65. The first kappa shape index (κ1) is 19.3. The Kier molecular flexibility index (Phi) is 5.21. The predicted molar refractivity (Wildman–Crippen MR) is 111 cm³/mol. The van der Waals surface area contributed by atoms with Crippen LogP contribution in [0.4, 0.5) is 0 Å². The number of aromatic nitrogens is 4. The number of methoxy groups -OCH3 is 1. The van der Waals surface area contributed by atoms with Crippen LogP contribution in [0.1, 0.15) is 15.9 Å². The fourth-order valence-electron chi connectivity index (χ4n) is 3.24. The fourth-order valence-corrected chi connectivity index (χ4v) is 3.24. The third-order valence-electron chi connectivity index (χ3n) is 4.74. The van der Waals surface area contributed by atoms with Gasteiger partial charge in [-0.3, -0.25) is 23.7 Å². The Morgan fingerprint density at radius 2 is 1.87 bits per heavy atom. The van der Waals surface area contributed by atoms with Crippen LogP contribution in [0, 0.1) is 0 Å². The molecule has 0 radical (unpaired) electrons. The summed E-state index contributed by atoms with van der Waals surface area (Å²) in [5, 5.41) is 0. The Hall–Kier alpha value is -4.07. The van der Waals surface area contributed by atoms with Crippen molar-refractivity contribution in [3.63, 3.8) is 0 Å². The van der Waals surface area contributed by atoms with Crippen LogP contribution >= 0.6 is 0 Å². The molecular weight excluding hydrogens is 384 g/mol. The molecule has 8 heteroatoms. The first-order valence-electron chi connectivity index (χ1n) is 9.23. The summed E-state index contributed by atoms with van der Waals surface area (Å²) in [6.07, 6.45) is 4.68. The van der Waals surface area contributed by atoms with E-state index in [4.69, 9.17) is 4.74 Å². The van der Waals surface area contributed by atoms with Crippen molar-refractivity contribution in [2.75, 3.05) is 7.11 Å². The highest BCUT2D eigenvalue weighted by atomic mass is 16.5. The molecule has 4 aromatic rings. The number of Topliss-reactive ketones (excluding diaryl/α,β-unsaturated/α-hetero) is 1. The molecule has 30 heavy (non-hydrogen) atoms. The van der Waals surface area contributed by atoms with E-state index >= 15 is 0 Å². The third kappa shape index (κ3) is 3.62. The molecule has 0 aliphatic rings. The molecule has 4 rings (SSSR count). The Labute approximate surface area is 171 Å². The van der Waals surface area contributed by atoms with Crippen molar-refractivity contribution in [3.8, 4) is 5.75 Å². The minimum absolute atomic E-state index is 0.0331. The maximum atomic E-state index is 13.2. The molecular formula is C22H18N4O4. The summed E-state index contributed by atoms with van der Waals surface area (Å²) in [5.74, 6) is 0.258. The monoisotopic (exact) mass is 402 g/mol. The highest BCUT2D eigenvalue weighted by Crippen LogP contribution is 2.14. The number of rotatable bonds is 6. The molecule has 1 aromatic carbocycles. The first-order chi connectivity index (χ1) is 14.6. The lowest BCUT2D eigenvalue weighted by Gasteiger charge is -2.13. The molecule has 0 spiro atoms. The molecule has 0 aliphatic heterocycles. The lowest BCUT2D eigenvalue weighted by molar-refractivity contribution is 0.0971. The van der Waals surface area contributed by atoms with E-state index in [9.17, 15) is 14.4 Å². The molecule has 0 atom stereocenters. The number of carbonyl (C=O) groups is 1. The minimum atomic E-state index is -0.583. The zero-order valence-electron chi connectivity index (χ0n) is 16.2. The summed E-state index contributed by atoms with van der Waals surface area (Å²) in [6, 6.07) is 13.4. The average Bonchev–Trinajstić information content (AvgIpc) is 2.80. The smallest absolute Gasteiger partial charge is 0.332 e. The standard InChI is InChI=1S/C22H18N4O4/c1-30-17-7-2-6-16(11-17)19(27)14-25-18-8-4-10-24-20(18)21(28)26(22(25)29)13-15-5-3-9-23-12-15/h2-12H,13-14H2,1H3. The van der Waals surface area contributed by atoms with E-state index in [0.717, 1.165) is 4.57 Å². The van der Waals surface area contributed by atoms with E-state index < -0.39 is 11.2 Å². The van der Waals surface area contributed by atoms with Crippen molar-refractivity contribution in [3.05, 3.63) is 99.1 Å². The minimum Gasteiger partial charge on any atom is -0.497 e. The van der Waals surface area contributed by atoms with Crippen LogP contribution in [0.15, 0.2) is 76.7 Å². The maximum absolute atomic E-state index is 13.2. The summed E-state index contributed by atoms with van der Waals surface area (Å²) >= 11 is 0. The van der Waals surface area contributed by atoms with Gasteiger partial charge in [0.25, 0.3) is 5.56 Å². The zero-order valence-corrected chi connectivity index (χ0v) is 16.2. The number of nitrogens with zero attached hydrogens (tertiary/aromatic N) is 4. The van der Waals surface area contributed by atoms with Gasteiger partial charge in [-0.2, -0.15) is 0 Å². The van der Waals surface area contributed by atoms with Gasteiger partial charge in [-0.25, -0.2) is 9.78 Å². The van der Waals surface area contributed by atoms with Crippen molar-refractivity contribution in [2.45, 2.75) is 13.1 Å². The number of fused-ring (bicyclic) bond motifs is 1. The number of hydrogen-bond acceptors (Lipinski definition) is 6. The van der Waals surface area contributed by atoms with Gasteiger partial charge in [-0.1, -0.05) is 18.2 Å². The number of ether oxygens (including phenoxy) is 1. The van der Waals surface area contributed by atoms with Crippen molar-refractivity contribution in [1.29, 1.82) is 0 Å². The van der Waals surface area contributed by atoms with Gasteiger partial charge in [0.15, 0.2) is 11.3 Å². The average molecular weight is 402 g/mol. The molecule has 0 saturated carbocycles. The molecule has 0 unspecified atom stereocenters. The fraction of sp³-hybridized carbons (Fsp3) is 0.136. The number of hydrogen-bond donors (Lipinski definition) is 0. The molecule has 0 amide bonds. The normalized spacial score (nSPS) is 10.8. The van der Waals surface area contributed by atoms with Crippen molar-refractivity contribution < 1.29 is 9.53 Å². The van der Waals surface area contributed by atoms with Crippen LogP contribution in [0.5, 0.6) is 5.75 Å². The summed E-state index contributed by atoms with van der Waals surface area (Å²) in [7, 11) is 1.52. The highest BCUT2D eigenvalue weighted by molar-refractivity contribution is 5.96. The van der Waals surface area contributed by atoms with E-state index in [2.05, 4.69) is 9.97 Å². The first-order valence-corrected chi connectivity index (χ1v) is 9.23. The number of carbonyl (C=O) groups excluding carboxylic acids is 1. The van der Waals surface area contributed by atoms with E-state index in [1.54, 1.807) is 60.9 Å². The number of benzene rings is 1. The Bertz CT molecular complexity index is 1340. The van der Waals surface area contributed by atoms with Crippen LogP contribution in [0.2, 0.25) is 0 Å². The van der Waals surface area contributed by atoms with Gasteiger partial charge in [0, 0.05) is 24.2 Å². The van der Waals surface area contributed by atoms with E-state index in [1.165, 1.54) is 17.9 Å². The molecule has 0 bridgehead atoms. The van der Waals surface area contributed by atoms with Crippen molar-refractivity contribution in [1.82, 2.24) is 19.1 Å². The number of ketones is 1. The Morgan fingerprint density at radius 1 is 1.03 bits per heavy atom. The second-order valence-corrected chi connectivity index (χ2v) is 6.65. The van der Waals surface area contributed by atoms with Crippen molar-refractivity contribution in [2.24, 2.45) is 0 Å². The van der Waals surface area contributed by atoms with Gasteiger partial charge in [0.1, 0.15) is 5.75 Å². The quantitative estimate of drug-likeness (QED) is 0.457. The van der Waals surface area contributed by atoms with Crippen molar-refractivity contribution >= 4 is 16.8 Å². The molecule has 3 aromatic heterocycles. The van der Waals surface area contributed by atoms with Crippen LogP contribution < -0.4 is 16.0 Å². The second kappa shape index (κ2) is 8.12. The molecule has 150 valence electrons. The molecule has 0 saturated heterocycles.